The third-order valence-corrected chi connectivity index (χ3v) is 3.43. The standard InChI is InChI=1S/C12H17BrFNO/c1-8(5-6-16-2)12(15)10-7-9(14)3-4-11(10)13/h3-4,7-8,12H,5-6,15H2,1-2H3. The van der Waals surface area contributed by atoms with Gasteiger partial charge in [0.25, 0.3) is 0 Å². The van der Waals surface area contributed by atoms with Gasteiger partial charge in [-0.25, -0.2) is 4.39 Å². The van der Waals surface area contributed by atoms with E-state index >= 15 is 0 Å². The van der Waals surface area contributed by atoms with E-state index < -0.39 is 0 Å². The number of methoxy groups -OCH3 is 1. The van der Waals surface area contributed by atoms with Crippen LogP contribution < -0.4 is 5.73 Å². The summed E-state index contributed by atoms with van der Waals surface area (Å²) in [7, 11) is 1.66. The van der Waals surface area contributed by atoms with Crippen LogP contribution in [0.4, 0.5) is 4.39 Å². The number of hydrogen-bond donors (Lipinski definition) is 1. The van der Waals surface area contributed by atoms with Gasteiger partial charge in [-0.2, -0.15) is 0 Å². The second kappa shape index (κ2) is 6.33. The van der Waals surface area contributed by atoms with Crippen molar-refractivity contribution < 1.29 is 9.13 Å². The summed E-state index contributed by atoms with van der Waals surface area (Å²) in [6.07, 6.45) is 0.862. The predicted molar refractivity (Wildman–Crippen MR) is 66.7 cm³/mol. The summed E-state index contributed by atoms with van der Waals surface area (Å²) in [5, 5.41) is 0. The number of benzene rings is 1. The Hall–Kier alpha value is -0.450. The number of ether oxygens (including phenoxy) is 1. The van der Waals surface area contributed by atoms with Crippen molar-refractivity contribution in [2.75, 3.05) is 13.7 Å². The summed E-state index contributed by atoms with van der Waals surface area (Å²) in [6.45, 7) is 2.71. The molecule has 0 saturated heterocycles. The number of hydrogen-bond acceptors (Lipinski definition) is 2. The molecule has 0 aliphatic heterocycles. The molecule has 0 amide bonds. The molecular weight excluding hydrogens is 273 g/mol. The molecule has 0 radical (unpaired) electrons. The highest BCUT2D eigenvalue weighted by Crippen LogP contribution is 2.29. The lowest BCUT2D eigenvalue weighted by Crippen LogP contribution is -2.21. The number of nitrogens with two attached hydrogens (primary N) is 1. The Kier molecular flexibility index (Phi) is 5.38. The molecule has 0 aliphatic rings. The van der Waals surface area contributed by atoms with Crippen molar-refractivity contribution in [3.8, 4) is 0 Å². The Bertz CT molecular complexity index is 346. The second-order valence-electron chi connectivity index (χ2n) is 3.95. The zero-order valence-corrected chi connectivity index (χ0v) is 11.1. The van der Waals surface area contributed by atoms with Crippen LogP contribution in [0.2, 0.25) is 0 Å². The van der Waals surface area contributed by atoms with Crippen molar-refractivity contribution in [3.05, 3.63) is 34.1 Å². The van der Waals surface area contributed by atoms with Gasteiger partial charge < -0.3 is 10.5 Å². The van der Waals surface area contributed by atoms with Gasteiger partial charge >= 0.3 is 0 Å². The molecule has 2 unspecified atom stereocenters. The van der Waals surface area contributed by atoms with Crippen LogP contribution in [0.15, 0.2) is 22.7 Å². The van der Waals surface area contributed by atoms with Gasteiger partial charge in [-0.05, 0) is 36.1 Å². The molecule has 2 nitrogen and oxygen atoms in total. The summed E-state index contributed by atoms with van der Waals surface area (Å²) >= 11 is 3.39. The predicted octanol–water partition coefficient (Wildman–Crippen LogP) is 3.26. The largest absolute Gasteiger partial charge is 0.385 e. The first kappa shape index (κ1) is 13.6. The smallest absolute Gasteiger partial charge is 0.123 e. The Balaban J connectivity index is 2.78. The van der Waals surface area contributed by atoms with Crippen LogP contribution in [0.5, 0.6) is 0 Å². The maximum atomic E-state index is 13.1. The normalized spacial score (nSPS) is 14.8. The highest BCUT2D eigenvalue weighted by Gasteiger charge is 2.17. The summed E-state index contributed by atoms with van der Waals surface area (Å²) in [5.74, 6) is -0.00867. The van der Waals surface area contributed by atoms with Crippen molar-refractivity contribution in [2.24, 2.45) is 11.7 Å². The maximum absolute atomic E-state index is 13.1. The number of rotatable bonds is 5. The van der Waals surface area contributed by atoms with Crippen LogP contribution in [0.3, 0.4) is 0 Å². The molecule has 2 atom stereocenters. The first-order valence-electron chi connectivity index (χ1n) is 5.25. The van der Waals surface area contributed by atoms with E-state index in [9.17, 15) is 4.39 Å². The van der Waals surface area contributed by atoms with Crippen molar-refractivity contribution in [3.63, 3.8) is 0 Å². The molecule has 1 aromatic rings. The fourth-order valence-corrected chi connectivity index (χ4v) is 2.07. The molecule has 0 aliphatic carbocycles. The van der Waals surface area contributed by atoms with Gasteiger partial charge in [0, 0.05) is 24.2 Å². The molecule has 90 valence electrons. The molecule has 16 heavy (non-hydrogen) atoms. The van der Waals surface area contributed by atoms with Gasteiger partial charge in [0.2, 0.25) is 0 Å². The quantitative estimate of drug-likeness (QED) is 0.903. The monoisotopic (exact) mass is 289 g/mol. The van der Waals surface area contributed by atoms with Gasteiger partial charge in [-0.15, -0.1) is 0 Å². The molecule has 0 fully saturated rings. The van der Waals surface area contributed by atoms with E-state index in [2.05, 4.69) is 15.9 Å². The van der Waals surface area contributed by atoms with Crippen LogP contribution in [0.1, 0.15) is 24.9 Å². The van der Waals surface area contributed by atoms with Crippen LogP contribution in [0, 0.1) is 11.7 Å². The van der Waals surface area contributed by atoms with Gasteiger partial charge in [0.1, 0.15) is 5.82 Å². The van der Waals surface area contributed by atoms with E-state index in [1.807, 2.05) is 6.92 Å². The molecule has 0 spiro atoms. The molecule has 4 heteroatoms. The summed E-state index contributed by atoms with van der Waals surface area (Å²) < 4.78 is 19.0. The first-order chi connectivity index (χ1) is 7.56. The number of halogens is 2. The van der Waals surface area contributed by atoms with Crippen molar-refractivity contribution in [1.82, 2.24) is 0 Å². The molecule has 0 heterocycles. The van der Waals surface area contributed by atoms with Crippen molar-refractivity contribution >= 4 is 15.9 Å². The highest BCUT2D eigenvalue weighted by atomic mass is 79.9. The molecule has 0 aromatic heterocycles. The van der Waals surface area contributed by atoms with Crippen LogP contribution >= 0.6 is 15.9 Å². The summed E-state index contributed by atoms with van der Waals surface area (Å²) in [4.78, 5) is 0. The minimum absolute atomic E-state index is 0.180. The van der Waals surface area contributed by atoms with Crippen molar-refractivity contribution in [1.29, 1.82) is 0 Å². The Labute approximate surface area is 104 Å². The first-order valence-corrected chi connectivity index (χ1v) is 6.05. The third-order valence-electron chi connectivity index (χ3n) is 2.71. The topological polar surface area (TPSA) is 35.2 Å². The van der Waals surface area contributed by atoms with Crippen LogP contribution in [-0.2, 0) is 4.74 Å². The van der Waals surface area contributed by atoms with E-state index in [-0.39, 0.29) is 17.8 Å². The van der Waals surface area contributed by atoms with E-state index in [1.165, 1.54) is 12.1 Å². The maximum Gasteiger partial charge on any atom is 0.123 e. The van der Waals surface area contributed by atoms with E-state index in [1.54, 1.807) is 13.2 Å². The average Bonchev–Trinajstić information content (AvgIpc) is 2.28. The molecule has 0 saturated carbocycles. The lowest BCUT2D eigenvalue weighted by molar-refractivity contribution is 0.174. The Morgan fingerprint density at radius 3 is 2.81 bits per heavy atom. The SMILES string of the molecule is COCCC(C)C(N)c1cc(F)ccc1Br. The lowest BCUT2D eigenvalue weighted by atomic mass is 9.93. The second-order valence-corrected chi connectivity index (χ2v) is 4.80. The minimum atomic E-state index is -0.257. The average molecular weight is 290 g/mol. The van der Waals surface area contributed by atoms with Crippen LogP contribution in [0.25, 0.3) is 0 Å². The summed E-state index contributed by atoms with van der Waals surface area (Å²) in [5.41, 5.74) is 6.91. The van der Waals surface area contributed by atoms with Gasteiger partial charge in [-0.1, -0.05) is 22.9 Å². The van der Waals surface area contributed by atoms with Crippen molar-refractivity contribution in [2.45, 2.75) is 19.4 Å². The van der Waals surface area contributed by atoms with E-state index in [0.29, 0.717) is 6.61 Å². The van der Waals surface area contributed by atoms with Gasteiger partial charge in [0.05, 0.1) is 0 Å². The molecule has 1 aromatic carbocycles. The van der Waals surface area contributed by atoms with Gasteiger partial charge in [-0.3, -0.25) is 0 Å². The molecule has 2 N–H and O–H groups in total. The zero-order valence-electron chi connectivity index (χ0n) is 9.54. The minimum Gasteiger partial charge on any atom is -0.385 e. The van der Waals surface area contributed by atoms with E-state index in [0.717, 1.165) is 16.5 Å². The zero-order chi connectivity index (χ0) is 12.1. The summed E-state index contributed by atoms with van der Waals surface area (Å²) in [6, 6.07) is 4.41. The fraction of sp³-hybridized carbons (Fsp3) is 0.500. The highest BCUT2D eigenvalue weighted by molar-refractivity contribution is 9.10. The molecular formula is C12H17BrFNO. The fourth-order valence-electron chi connectivity index (χ4n) is 1.56. The van der Waals surface area contributed by atoms with Crippen LogP contribution in [-0.4, -0.2) is 13.7 Å². The Morgan fingerprint density at radius 1 is 1.50 bits per heavy atom. The van der Waals surface area contributed by atoms with Gasteiger partial charge in [0.15, 0.2) is 0 Å². The Morgan fingerprint density at radius 2 is 2.19 bits per heavy atom. The lowest BCUT2D eigenvalue weighted by Gasteiger charge is -2.21. The molecule has 0 bridgehead atoms. The third kappa shape index (κ3) is 3.54. The van der Waals surface area contributed by atoms with E-state index in [4.69, 9.17) is 10.5 Å². The molecule has 1 rings (SSSR count).